The Kier molecular flexibility index (Phi) is 5.83. The highest BCUT2D eigenvalue weighted by Gasteiger charge is 2.34. The fourth-order valence-corrected chi connectivity index (χ4v) is 3.77. The van der Waals surface area contributed by atoms with E-state index in [2.05, 4.69) is 20.9 Å². The average molecular weight is 459 g/mol. The molecule has 1 aliphatic heterocycles. The van der Waals surface area contributed by atoms with Gasteiger partial charge >= 0.3 is 6.09 Å². The maximum Gasteiger partial charge on any atom is 0.407 e. The summed E-state index contributed by atoms with van der Waals surface area (Å²) in [4.78, 5) is 41.6. The van der Waals surface area contributed by atoms with Gasteiger partial charge in [0.05, 0.1) is 40.9 Å². The zero-order valence-electron chi connectivity index (χ0n) is 14.1. The van der Waals surface area contributed by atoms with Crippen LogP contribution in [0.5, 0.6) is 0 Å². The van der Waals surface area contributed by atoms with Gasteiger partial charge in [-0.2, -0.15) is 0 Å². The number of aromatic nitrogens is 2. The molecule has 10 heteroatoms. The van der Waals surface area contributed by atoms with E-state index in [9.17, 15) is 24.6 Å². The Labute approximate surface area is 167 Å². The fraction of sp³-hybridized carbons (Fsp3) is 0.412. The number of carbonyl (C=O) groups excluding carboxylic acids is 1. The van der Waals surface area contributed by atoms with Gasteiger partial charge in [-0.05, 0) is 40.9 Å². The van der Waals surface area contributed by atoms with E-state index in [0.717, 1.165) is 9.47 Å². The minimum absolute atomic E-state index is 0.168. The normalized spacial score (nSPS) is 20.0. The van der Waals surface area contributed by atoms with Crippen molar-refractivity contribution >= 4 is 50.3 Å². The molecule has 0 bridgehead atoms. The zero-order chi connectivity index (χ0) is 19.7. The molecule has 1 fully saturated rings. The Morgan fingerprint density at radius 2 is 2.11 bits per heavy atom. The second-order valence-corrected chi connectivity index (χ2v) is 7.72. The van der Waals surface area contributed by atoms with Crippen LogP contribution in [0.25, 0.3) is 10.9 Å². The maximum atomic E-state index is 12.6. The molecule has 1 aromatic heterocycles. The summed E-state index contributed by atoms with van der Waals surface area (Å²) in [6.45, 7) is 0.0152. The number of nitrogens with zero attached hydrogens (tertiary/aromatic N) is 3. The number of hydrogen-bond acceptors (Lipinski definition) is 5. The van der Waals surface area contributed by atoms with Crippen LogP contribution in [0.2, 0.25) is 5.02 Å². The van der Waals surface area contributed by atoms with Crippen LogP contribution < -0.4 is 5.56 Å². The standard InChI is InChI=1S/C17H17BrClN3O5/c18-11-6-13-10(5-12(11)19)16(25)21(8-20-13)7-9(23)4-14-15(24)2-1-3-22(14)17(26)27/h5-6,8,14-15,24H,1-4,7H2,(H,26,27)/t14-,15+/m1/s1. The number of piperidine rings is 1. The van der Waals surface area contributed by atoms with Gasteiger partial charge in [0.15, 0.2) is 5.78 Å². The Hall–Kier alpha value is -1.97. The summed E-state index contributed by atoms with van der Waals surface area (Å²) < 4.78 is 1.77. The largest absolute Gasteiger partial charge is 0.465 e. The second-order valence-electron chi connectivity index (χ2n) is 6.46. The van der Waals surface area contributed by atoms with Crippen LogP contribution in [0, 0.1) is 0 Å². The summed E-state index contributed by atoms with van der Waals surface area (Å²) in [6, 6.07) is 2.29. The molecule has 0 radical (unpaired) electrons. The Morgan fingerprint density at radius 3 is 2.81 bits per heavy atom. The molecular weight excluding hydrogens is 442 g/mol. The van der Waals surface area contributed by atoms with Crippen molar-refractivity contribution in [2.75, 3.05) is 6.54 Å². The van der Waals surface area contributed by atoms with Gasteiger partial charge in [-0.1, -0.05) is 11.6 Å². The highest BCUT2D eigenvalue weighted by atomic mass is 79.9. The van der Waals surface area contributed by atoms with Gasteiger partial charge in [-0.3, -0.25) is 14.2 Å². The van der Waals surface area contributed by atoms with Gasteiger partial charge < -0.3 is 15.1 Å². The third-order valence-corrected chi connectivity index (χ3v) is 5.84. The number of aliphatic hydroxyl groups excluding tert-OH is 1. The van der Waals surface area contributed by atoms with Gasteiger partial charge in [0.25, 0.3) is 5.56 Å². The first-order valence-electron chi connectivity index (χ1n) is 8.31. The number of fused-ring (bicyclic) bond motifs is 1. The van der Waals surface area contributed by atoms with E-state index in [4.69, 9.17) is 11.6 Å². The quantitative estimate of drug-likeness (QED) is 0.727. The topological polar surface area (TPSA) is 113 Å². The Morgan fingerprint density at radius 1 is 1.37 bits per heavy atom. The van der Waals surface area contributed by atoms with Crippen LogP contribution in [0.4, 0.5) is 4.79 Å². The van der Waals surface area contributed by atoms with Crippen LogP contribution in [-0.2, 0) is 11.3 Å². The molecule has 1 aromatic carbocycles. The molecule has 8 nitrogen and oxygen atoms in total. The third-order valence-electron chi connectivity index (χ3n) is 4.64. The lowest BCUT2D eigenvalue weighted by atomic mass is 9.95. The number of carboxylic acid groups (broad SMARTS) is 1. The predicted octanol–water partition coefficient (Wildman–Crippen LogP) is 2.27. The van der Waals surface area contributed by atoms with Crippen molar-refractivity contribution < 1.29 is 19.8 Å². The molecule has 2 N–H and O–H groups in total. The number of likely N-dealkylation sites (tertiary alicyclic amines) is 1. The van der Waals surface area contributed by atoms with Crippen LogP contribution in [-0.4, -0.2) is 55.2 Å². The van der Waals surface area contributed by atoms with E-state index in [1.165, 1.54) is 12.4 Å². The van der Waals surface area contributed by atoms with Crippen molar-refractivity contribution in [3.63, 3.8) is 0 Å². The molecule has 1 saturated heterocycles. The maximum absolute atomic E-state index is 12.6. The van der Waals surface area contributed by atoms with Crippen molar-refractivity contribution in [1.82, 2.24) is 14.5 Å². The first-order chi connectivity index (χ1) is 12.8. The summed E-state index contributed by atoms with van der Waals surface area (Å²) in [5, 5.41) is 20.0. The van der Waals surface area contributed by atoms with Crippen molar-refractivity contribution in [3.8, 4) is 0 Å². The number of benzene rings is 1. The summed E-state index contributed by atoms with van der Waals surface area (Å²) in [6.07, 6.45) is 0.0151. The van der Waals surface area contributed by atoms with Crippen LogP contribution in [0.1, 0.15) is 19.3 Å². The summed E-state index contributed by atoms with van der Waals surface area (Å²) in [7, 11) is 0. The molecule has 2 heterocycles. The molecule has 3 rings (SSSR count). The number of ketones is 1. The summed E-state index contributed by atoms with van der Waals surface area (Å²) >= 11 is 9.30. The SMILES string of the molecule is O=C(C[C@@H]1[C@@H](O)CCCN1C(=O)O)Cn1cnc2cc(Br)c(Cl)cc2c1=O. The lowest BCUT2D eigenvalue weighted by Gasteiger charge is -2.36. The highest BCUT2D eigenvalue weighted by molar-refractivity contribution is 9.10. The van der Waals surface area contributed by atoms with Crippen molar-refractivity contribution in [2.45, 2.75) is 38.0 Å². The number of halogens is 2. The highest BCUT2D eigenvalue weighted by Crippen LogP contribution is 2.25. The van der Waals surface area contributed by atoms with Gasteiger partial charge in [0.1, 0.15) is 0 Å². The Bertz CT molecular complexity index is 963. The van der Waals surface area contributed by atoms with E-state index >= 15 is 0 Å². The molecule has 2 aromatic rings. The minimum atomic E-state index is -1.17. The molecule has 0 saturated carbocycles. The van der Waals surface area contributed by atoms with Crippen molar-refractivity contribution in [1.29, 1.82) is 0 Å². The summed E-state index contributed by atoms with van der Waals surface area (Å²) in [5.74, 6) is -0.362. The third kappa shape index (κ3) is 4.15. The lowest BCUT2D eigenvalue weighted by molar-refractivity contribution is -0.122. The van der Waals surface area contributed by atoms with Crippen LogP contribution in [0.3, 0.4) is 0 Å². The molecule has 0 spiro atoms. The molecule has 27 heavy (non-hydrogen) atoms. The van der Waals surface area contributed by atoms with Crippen molar-refractivity contribution in [2.24, 2.45) is 0 Å². The monoisotopic (exact) mass is 457 g/mol. The number of rotatable bonds is 4. The van der Waals surface area contributed by atoms with Crippen LogP contribution >= 0.6 is 27.5 Å². The summed E-state index contributed by atoms with van der Waals surface area (Å²) in [5.41, 5.74) is 0.0294. The van der Waals surface area contributed by atoms with E-state index in [0.29, 0.717) is 27.9 Å². The first-order valence-corrected chi connectivity index (χ1v) is 9.48. The molecule has 2 atom stereocenters. The number of hydrogen-bond donors (Lipinski definition) is 2. The van der Waals surface area contributed by atoms with E-state index in [1.54, 1.807) is 6.07 Å². The zero-order valence-corrected chi connectivity index (χ0v) is 16.5. The molecule has 144 valence electrons. The second kappa shape index (κ2) is 7.95. The Balaban J connectivity index is 1.81. The molecule has 0 unspecified atom stereocenters. The average Bonchev–Trinajstić information content (AvgIpc) is 2.61. The van der Waals surface area contributed by atoms with Gasteiger partial charge in [0, 0.05) is 17.4 Å². The lowest BCUT2D eigenvalue weighted by Crippen LogP contribution is -2.51. The smallest absolute Gasteiger partial charge is 0.407 e. The fourth-order valence-electron chi connectivity index (χ4n) is 3.27. The molecule has 1 amide bonds. The van der Waals surface area contributed by atoms with Gasteiger partial charge in [-0.25, -0.2) is 9.78 Å². The van der Waals surface area contributed by atoms with E-state index in [1.807, 2.05) is 0 Å². The minimum Gasteiger partial charge on any atom is -0.465 e. The predicted molar refractivity (Wildman–Crippen MR) is 102 cm³/mol. The molecule has 1 aliphatic rings. The van der Waals surface area contributed by atoms with E-state index in [-0.39, 0.29) is 30.7 Å². The van der Waals surface area contributed by atoms with Crippen molar-refractivity contribution in [3.05, 3.63) is 38.3 Å². The molecule has 0 aliphatic carbocycles. The molecular formula is C17H17BrClN3O5. The number of carbonyl (C=O) groups is 2. The van der Waals surface area contributed by atoms with Gasteiger partial charge in [0.2, 0.25) is 0 Å². The van der Waals surface area contributed by atoms with E-state index < -0.39 is 23.8 Å². The number of Topliss-reactive ketones (excluding diaryl/α,β-unsaturated/α-hetero) is 1. The van der Waals surface area contributed by atoms with Gasteiger partial charge in [-0.15, -0.1) is 0 Å². The number of amides is 1. The first kappa shape index (κ1) is 19.8. The van der Waals surface area contributed by atoms with Crippen LogP contribution in [0.15, 0.2) is 27.7 Å². The number of aliphatic hydroxyl groups is 1.